The maximum atomic E-state index is 5.31. The Morgan fingerprint density at radius 3 is 2.26 bits per heavy atom. The summed E-state index contributed by atoms with van der Waals surface area (Å²) in [5.74, 6) is 0. The molecule has 0 amide bonds. The Hall–Kier alpha value is -1.71. The van der Waals surface area contributed by atoms with Crippen LogP contribution in [0.4, 0.5) is 0 Å². The van der Waals surface area contributed by atoms with Gasteiger partial charge in [0.25, 0.3) is 0 Å². The van der Waals surface area contributed by atoms with E-state index in [2.05, 4.69) is 60.4 Å². The summed E-state index contributed by atoms with van der Waals surface area (Å²) >= 11 is 6.93. The fourth-order valence-electron chi connectivity index (χ4n) is 2.04. The fraction of sp³-hybridized carbons (Fsp3) is 0.0625. The van der Waals surface area contributed by atoms with Gasteiger partial charge in [-0.2, -0.15) is 0 Å². The Morgan fingerprint density at radius 1 is 0.895 bits per heavy atom. The van der Waals surface area contributed by atoms with E-state index in [1.807, 2.05) is 6.07 Å². The minimum atomic E-state index is 0.814. The van der Waals surface area contributed by atoms with E-state index in [-0.39, 0.29) is 0 Å². The zero-order valence-corrected chi connectivity index (χ0v) is 12.1. The largest absolute Gasteiger partial charge is 0.336 e. The van der Waals surface area contributed by atoms with E-state index >= 15 is 0 Å². The fourth-order valence-corrected chi connectivity index (χ4v) is 3.26. The molecule has 1 aromatic heterocycles. The third-order valence-electron chi connectivity index (χ3n) is 3.03. The first kappa shape index (κ1) is 12.3. The lowest BCUT2D eigenvalue weighted by Gasteiger charge is -2.04. The number of aromatic nitrogens is 1. The van der Waals surface area contributed by atoms with E-state index in [9.17, 15) is 0 Å². The van der Waals surface area contributed by atoms with Gasteiger partial charge in [0.1, 0.15) is 0 Å². The summed E-state index contributed by atoms with van der Waals surface area (Å²) in [7, 11) is 0. The molecule has 94 valence electrons. The molecule has 0 aliphatic rings. The first-order valence-electron chi connectivity index (χ1n) is 6.09. The Balaban J connectivity index is 2.17. The Bertz CT molecular complexity index is 736. The normalized spacial score (nSPS) is 10.6. The maximum absolute atomic E-state index is 5.31. The molecule has 0 bridgehead atoms. The van der Waals surface area contributed by atoms with Crippen LogP contribution in [0.1, 0.15) is 5.56 Å². The molecule has 3 aromatic rings. The lowest BCUT2D eigenvalue weighted by molar-refractivity contribution is 1.37. The van der Waals surface area contributed by atoms with Gasteiger partial charge >= 0.3 is 0 Å². The number of aromatic amines is 1. The molecule has 0 fully saturated rings. The standard InChI is InChI=1S/C16H13NS2/c1-11-7-9-12(10-8-11)14-15(19-16(18)17-14)13-5-3-2-4-6-13/h2-10H,1H3,(H,17,18). The zero-order chi connectivity index (χ0) is 13.2. The van der Waals surface area contributed by atoms with Crippen LogP contribution in [0.5, 0.6) is 0 Å². The average molecular weight is 283 g/mol. The van der Waals surface area contributed by atoms with E-state index in [4.69, 9.17) is 12.2 Å². The lowest BCUT2D eigenvalue weighted by Crippen LogP contribution is -1.82. The number of hydrogen-bond donors (Lipinski definition) is 1. The van der Waals surface area contributed by atoms with E-state index in [0.29, 0.717) is 0 Å². The second-order valence-electron chi connectivity index (χ2n) is 4.45. The van der Waals surface area contributed by atoms with Gasteiger partial charge in [0.05, 0.1) is 10.6 Å². The number of rotatable bonds is 2. The van der Waals surface area contributed by atoms with E-state index in [0.717, 1.165) is 9.65 Å². The van der Waals surface area contributed by atoms with Gasteiger partial charge in [-0.1, -0.05) is 60.2 Å². The molecule has 0 spiro atoms. The van der Waals surface area contributed by atoms with Crippen LogP contribution in [0.3, 0.4) is 0 Å². The highest BCUT2D eigenvalue weighted by Crippen LogP contribution is 2.35. The summed E-state index contributed by atoms with van der Waals surface area (Å²) in [6.45, 7) is 2.09. The van der Waals surface area contributed by atoms with Crippen LogP contribution in [0.15, 0.2) is 54.6 Å². The third kappa shape index (κ3) is 2.53. The molecule has 0 aliphatic carbocycles. The van der Waals surface area contributed by atoms with Crippen LogP contribution in [0.25, 0.3) is 21.7 Å². The van der Waals surface area contributed by atoms with Gasteiger partial charge in [0.2, 0.25) is 0 Å². The Labute approximate surface area is 121 Å². The second-order valence-corrected chi connectivity index (χ2v) is 6.14. The maximum Gasteiger partial charge on any atom is 0.159 e. The van der Waals surface area contributed by atoms with Crippen LogP contribution in [-0.2, 0) is 0 Å². The summed E-state index contributed by atoms with van der Waals surface area (Å²) in [5, 5.41) is 0. The van der Waals surface area contributed by atoms with Crippen molar-refractivity contribution in [3.63, 3.8) is 0 Å². The molecule has 3 heteroatoms. The average Bonchev–Trinajstić information content (AvgIpc) is 2.83. The van der Waals surface area contributed by atoms with Gasteiger partial charge in [-0.25, -0.2) is 0 Å². The molecular formula is C16H13NS2. The highest BCUT2D eigenvalue weighted by atomic mass is 32.1. The van der Waals surface area contributed by atoms with Crippen molar-refractivity contribution in [2.75, 3.05) is 0 Å². The van der Waals surface area contributed by atoms with Gasteiger partial charge in [-0.05, 0) is 30.3 Å². The van der Waals surface area contributed by atoms with Crippen LogP contribution in [0.2, 0.25) is 0 Å². The van der Waals surface area contributed by atoms with Crippen molar-refractivity contribution in [3.05, 3.63) is 64.1 Å². The molecule has 1 N–H and O–H groups in total. The van der Waals surface area contributed by atoms with Crippen molar-refractivity contribution in [1.29, 1.82) is 0 Å². The monoisotopic (exact) mass is 283 g/mol. The molecule has 0 saturated carbocycles. The molecule has 0 radical (unpaired) electrons. The molecule has 0 aliphatic heterocycles. The molecule has 2 aromatic carbocycles. The quantitative estimate of drug-likeness (QED) is 0.618. The van der Waals surface area contributed by atoms with Crippen molar-refractivity contribution in [3.8, 4) is 21.7 Å². The number of thiazole rings is 1. The number of hydrogen-bond acceptors (Lipinski definition) is 2. The van der Waals surface area contributed by atoms with Gasteiger partial charge in [0.15, 0.2) is 3.95 Å². The SMILES string of the molecule is Cc1ccc(-c2[nH]c(=S)sc2-c2ccccc2)cc1. The highest BCUT2D eigenvalue weighted by Gasteiger charge is 2.10. The van der Waals surface area contributed by atoms with Gasteiger partial charge < -0.3 is 4.98 Å². The third-order valence-corrected chi connectivity index (χ3v) is 4.31. The van der Waals surface area contributed by atoms with Gasteiger partial charge in [0, 0.05) is 0 Å². The zero-order valence-electron chi connectivity index (χ0n) is 10.5. The summed E-state index contributed by atoms with van der Waals surface area (Å²) in [4.78, 5) is 4.52. The van der Waals surface area contributed by atoms with Crippen molar-refractivity contribution in [2.24, 2.45) is 0 Å². The Morgan fingerprint density at radius 2 is 1.58 bits per heavy atom. The molecular weight excluding hydrogens is 270 g/mol. The number of H-pyrrole nitrogens is 1. The molecule has 3 rings (SSSR count). The number of nitrogens with one attached hydrogen (secondary N) is 1. The first-order chi connectivity index (χ1) is 9.24. The van der Waals surface area contributed by atoms with E-state index in [1.165, 1.54) is 21.6 Å². The van der Waals surface area contributed by atoms with Crippen molar-refractivity contribution < 1.29 is 0 Å². The van der Waals surface area contributed by atoms with Gasteiger partial charge in [-0.3, -0.25) is 0 Å². The van der Waals surface area contributed by atoms with Crippen molar-refractivity contribution >= 4 is 23.6 Å². The molecule has 1 nitrogen and oxygen atoms in total. The Kier molecular flexibility index (Phi) is 3.32. The van der Waals surface area contributed by atoms with Crippen LogP contribution in [0, 0.1) is 10.9 Å². The summed E-state index contributed by atoms with van der Waals surface area (Å²) in [5.41, 5.74) is 4.76. The smallest absolute Gasteiger partial charge is 0.159 e. The number of aryl methyl sites for hydroxylation is 1. The van der Waals surface area contributed by atoms with Crippen molar-refractivity contribution in [2.45, 2.75) is 6.92 Å². The summed E-state index contributed by atoms with van der Waals surface area (Å²) in [6.07, 6.45) is 0. The lowest BCUT2D eigenvalue weighted by atomic mass is 10.1. The summed E-state index contributed by atoms with van der Waals surface area (Å²) in [6, 6.07) is 18.9. The first-order valence-corrected chi connectivity index (χ1v) is 7.32. The van der Waals surface area contributed by atoms with Gasteiger partial charge in [-0.15, -0.1) is 11.3 Å². The van der Waals surface area contributed by atoms with E-state index < -0.39 is 0 Å². The molecule has 19 heavy (non-hydrogen) atoms. The van der Waals surface area contributed by atoms with Crippen LogP contribution < -0.4 is 0 Å². The minimum absolute atomic E-state index is 0.814. The molecule has 1 heterocycles. The minimum Gasteiger partial charge on any atom is -0.336 e. The van der Waals surface area contributed by atoms with Crippen molar-refractivity contribution in [1.82, 2.24) is 4.98 Å². The molecule has 0 atom stereocenters. The predicted molar refractivity (Wildman–Crippen MR) is 85.1 cm³/mol. The van der Waals surface area contributed by atoms with Crippen LogP contribution in [-0.4, -0.2) is 4.98 Å². The second kappa shape index (κ2) is 5.11. The molecule has 0 unspecified atom stereocenters. The highest BCUT2D eigenvalue weighted by molar-refractivity contribution is 7.73. The molecule has 0 saturated heterocycles. The van der Waals surface area contributed by atoms with E-state index in [1.54, 1.807) is 11.3 Å². The predicted octanol–water partition coefficient (Wildman–Crippen LogP) is 5.45. The van der Waals surface area contributed by atoms with Crippen LogP contribution >= 0.6 is 23.6 Å². The topological polar surface area (TPSA) is 15.8 Å². The summed E-state index contributed by atoms with van der Waals surface area (Å²) < 4.78 is 0.814. The number of benzene rings is 2.